The second-order valence-electron chi connectivity index (χ2n) is 4.53. The number of aryl methyl sites for hydroxylation is 1. The number of ether oxygens (including phenoxy) is 1. The topological polar surface area (TPSA) is 47.3 Å². The molecule has 0 saturated carbocycles. The van der Waals surface area contributed by atoms with Gasteiger partial charge in [0, 0.05) is 19.3 Å². The van der Waals surface area contributed by atoms with E-state index in [2.05, 4.69) is 18.9 Å². The number of aliphatic hydroxyl groups excluding tert-OH is 1. The van der Waals surface area contributed by atoms with Gasteiger partial charge in [0.25, 0.3) is 0 Å². The molecule has 0 spiro atoms. The third-order valence-electron chi connectivity index (χ3n) is 3.24. The Morgan fingerprint density at radius 1 is 1.69 bits per heavy atom. The maximum atomic E-state index is 10.3. The molecule has 0 bridgehead atoms. The molecule has 1 aliphatic heterocycles. The summed E-state index contributed by atoms with van der Waals surface area (Å²) < 4.78 is 7.47. The fraction of sp³-hybridized carbons (Fsp3) is 0.750. The summed E-state index contributed by atoms with van der Waals surface area (Å²) >= 11 is 0. The Kier molecular flexibility index (Phi) is 3.61. The molecule has 2 heterocycles. The molecule has 1 aromatic heterocycles. The number of aliphatic hydroxyl groups is 1. The van der Waals surface area contributed by atoms with E-state index in [1.165, 1.54) is 0 Å². The zero-order valence-corrected chi connectivity index (χ0v) is 9.97. The van der Waals surface area contributed by atoms with Crippen molar-refractivity contribution in [2.24, 2.45) is 5.92 Å². The zero-order chi connectivity index (χ0) is 11.5. The highest BCUT2D eigenvalue weighted by Crippen LogP contribution is 2.30. The minimum absolute atomic E-state index is 0.0766. The zero-order valence-electron chi connectivity index (χ0n) is 9.97. The monoisotopic (exact) mass is 224 g/mol. The second-order valence-corrected chi connectivity index (χ2v) is 4.53. The van der Waals surface area contributed by atoms with Gasteiger partial charge in [-0.15, -0.1) is 0 Å². The molecule has 0 amide bonds. The van der Waals surface area contributed by atoms with Crippen molar-refractivity contribution in [2.75, 3.05) is 6.61 Å². The molecule has 16 heavy (non-hydrogen) atoms. The molecular weight excluding hydrogens is 204 g/mol. The van der Waals surface area contributed by atoms with Gasteiger partial charge in [0.2, 0.25) is 0 Å². The van der Waals surface area contributed by atoms with Crippen molar-refractivity contribution >= 4 is 0 Å². The maximum Gasteiger partial charge on any atom is 0.122 e. The quantitative estimate of drug-likeness (QED) is 0.847. The minimum atomic E-state index is -0.549. The van der Waals surface area contributed by atoms with E-state index in [1.807, 2.05) is 10.7 Å². The lowest BCUT2D eigenvalue weighted by Crippen LogP contribution is -2.25. The van der Waals surface area contributed by atoms with Crippen LogP contribution >= 0.6 is 0 Å². The molecule has 1 aromatic rings. The van der Waals surface area contributed by atoms with E-state index in [9.17, 15) is 5.11 Å². The van der Waals surface area contributed by atoms with Crippen LogP contribution in [0.3, 0.4) is 0 Å². The van der Waals surface area contributed by atoms with Gasteiger partial charge in [0.05, 0.1) is 11.8 Å². The molecule has 1 N–H and O–H groups in total. The number of hydrogen-bond acceptors (Lipinski definition) is 3. The molecule has 1 aliphatic rings. The predicted octanol–water partition coefficient (Wildman–Crippen LogP) is 1.75. The Morgan fingerprint density at radius 2 is 2.50 bits per heavy atom. The van der Waals surface area contributed by atoms with Crippen molar-refractivity contribution in [3.8, 4) is 0 Å². The van der Waals surface area contributed by atoms with Gasteiger partial charge in [-0.3, -0.25) is 4.68 Å². The van der Waals surface area contributed by atoms with Crippen LogP contribution in [0.15, 0.2) is 12.3 Å². The highest BCUT2D eigenvalue weighted by molar-refractivity contribution is 5.07. The fourth-order valence-corrected chi connectivity index (χ4v) is 2.28. The number of hydrogen-bond donors (Lipinski definition) is 1. The lowest BCUT2D eigenvalue weighted by molar-refractivity contribution is -0.0219. The van der Waals surface area contributed by atoms with Gasteiger partial charge >= 0.3 is 0 Å². The summed E-state index contributed by atoms with van der Waals surface area (Å²) in [5, 5.41) is 14.5. The molecular formula is C12H20N2O2. The summed E-state index contributed by atoms with van der Waals surface area (Å²) in [5.74, 6) is 0.417. The summed E-state index contributed by atoms with van der Waals surface area (Å²) in [4.78, 5) is 0. The van der Waals surface area contributed by atoms with E-state index in [-0.39, 0.29) is 6.10 Å². The average Bonchev–Trinajstić information content (AvgIpc) is 2.87. The number of aromatic nitrogens is 2. The van der Waals surface area contributed by atoms with E-state index >= 15 is 0 Å². The molecule has 3 unspecified atom stereocenters. The van der Waals surface area contributed by atoms with Crippen LogP contribution in [-0.2, 0) is 11.3 Å². The molecule has 0 radical (unpaired) electrons. The van der Waals surface area contributed by atoms with Gasteiger partial charge in [-0.25, -0.2) is 0 Å². The number of nitrogens with zero attached hydrogens (tertiary/aromatic N) is 2. The van der Waals surface area contributed by atoms with E-state index in [4.69, 9.17) is 4.74 Å². The van der Waals surface area contributed by atoms with Gasteiger partial charge in [-0.05, 0) is 24.8 Å². The van der Waals surface area contributed by atoms with E-state index in [0.29, 0.717) is 5.92 Å². The predicted molar refractivity (Wildman–Crippen MR) is 61.0 cm³/mol. The normalized spacial score (nSPS) is 27.2. The molecule has 4 nitrogen and oxygen atoms in total. The highest BCUT2D eigenvalue weighted by Gasteiger charge is 2.33. The smallest absolute Gasteiger partial charge is 0.122 e. The molecule has 1 saturated heterocycles. The van der Waals surface area contributed by atoms with Gasteiger partial charge in [0.1, 0.15) is 6.10 Å². The highest BCUT2D eigenvalue weighted by atomic mass is 16.5. The van der Waals surface area contributed by atoms with Gasteiger partial charge in [0.15, 0.2) is 0 Å². The van der Waals surface area contributed by atoms with Gasteiger partial charge in [-0.2, -0.15) is 5.10 Å². The van der Waals surface area contributed by atoms with Crippen molar-refractivity contribution in [3.05, 3.63) is 18.0 Å². The standard InChI is InChI=1S/C12H20N2O2/c1-3-7-14-10(4-6-13-14)11(15)12-9(2)5-8-16-12/h4,6,9,11-12,15H,3,5,7-8H2,1-2H3. The SMILES string of the molecule is CCCn1nccc1C(O)C1OCCC1C. The van der Waals surface area contributed by atoms with Crippen molar-refractivity contribution in [1.29, 1.82) is 0 Å². The van der Waals surface area contributed by atoms with Crippen molar-refractivity contribution < 1.29 is 9.84 Å². The lowest BCUT2D eigenvalue weighted by atomic mass is 9.97. The molecule has 0 aliphatic carbocycles. The van der Waals surface area contributed by atoms with E-state index in [1.54, 1.807) is 6.20 Å². The summed E-state index contributed by atoms with van der Waals surface area (Å²) in [6, 6.07) is 1.88. The summed E-state index contributed by atoms with van der Waals surface area (Å²) in [5.41, 5.74) is 0.876. The average molecular weight is 224 g/mol. The summed E-state index contributed by atoms with van der Waals surface area (Å²) in [6.07, 6.45) is 3.17. The van der Waals surface area contributed by atoms with Crippen molar-refractivity contribution in [1.82, 2.24) is 9.78 Å². The Bertz CT molecular complexity index is 338. The summed E-state index contributed by atoms with van der Waals surface area (Å²) in [6.45, 7) is 5.83. The molecule has 0 aromatic carbocycles. The van der Waals surface area contributed by atoms with Gasteiger partial charge in [-0.1, -0.05) is 13.8 Å². The molecule has 90 valence electrons. The Morgan fingerprint density at radius 3 is 3.12 bits per heavy atom. The largest absolute Gasteiger partial charge is 0.384 e. The molecule has 1 fully saturated rings. The van der Waals surface area contributed by atoms with Gasteiger partial charge < -0.3 is 9.84 Å². The first-order chi connectivity index (χ1) is 7.74. The maximum absolute atomic E-state index is 10.3. The third kappa shape index (κ3) is 2.13. The number of rotatable bonds is 4. The Balaban J connectivity index is 2.13. The van der Waals surface area contributed by atoms with Crippen LogP contribution in [0.2, 0.25) is 0 Å². The van der Waals surface area contributed by atoms with E-state index < -0.39 is 6.10 Å². The fourth-order valence-electron chi connectivity index (χ4n) is 2.28. The van der Waals surface area contributed by atoms with Crippen molar-refractivity contribution in [3.63, 3.8) is 0 Å². The first-order valence-corrected chi connectivity index (χ1v) is 6.05. The van der Waals surface area contributed by atoms with Crippen LogP contribution in [0.25, 0.3) is 0 Å². The van der Waals surface area contributed by atoms with Crippen LogP contribution < -0.4 is 0 Å². The first-order valence-electron chi connectivity index (χ1n) is 6.05. The third-order valence-corrected chi connectivity index (χ3v) is 3.24. The Hall–Kier alpha value is -0.870. The molecule has 4 heteroatoms. The minimum Gasteiger partial charge on any atom is -0.384 e. The van der Waals surface area contributed by atoms with Crippen LogP contribution in [0.4, 0.5) is 0 Å². The van der Waals surface area contributed by atoms with Crippen LogP contribution in [0.1, 0.15) is 38.5 Å². The van der Waals surface area contributed by atoms with E-state index in [0.717, 1.165) is 31.7 Å². The molecule has 3 atom stereocenters. The lowest BCUT2D eigenvalue weighted by Gasteiger charge is -2.22. The molecule has 2 rings (SSSR count). The summed E-state index contributed by atoms with van der Waals surface area (Å²) in [7, 11) is 0. The van der Waals surface area contributed by atoms with Crippen LogP contribution in [0, 0.1) is 5.92 Å². The van der Waals surface area contributed by atoms with Crippen LogP contribution in [0.5, 0.6) is 0 Å². The Labute approximate surface area is 96.2 Å². The second kappa shape index (κ2) is 4.97. The van der Waals surface area contributed by atoms with Crippen LogP contribution in [-0.4, -0.2) is 27.6 Å². The first kappa shape index (κ1) is 11.6. The van der Waals surface area contributed by atoms with Crippen molar-refractivity contribution in [2.45, 2.75) is 45.4 Å².